The van der Waals surface area contributed by atoms with Crippen molar-refractivity contribution in [3.05, 3.63) is 70.7 Å². The SMILES string of the molecule is O=C(NCCNC(=O)C1CCCN(C(=O)c2ccc(Cl)cc2)C1)c1ccccc1. The van der Waals surface area contributed by atoms with Gasteiger partial charge in [0.05, 0.1) is 5.92 Å². The zero-order chi connectivity index (χ0) is 20.6. The zero-order valence-electron chi connectivity index (χ0n) is 16.1. The van der Waals surface area contributed by atoms with E-state index in [9.17, 15) is 14.4 Å². The third kappa shape index (κ3) is 5.81. The Hall–Kier alpha value is -2.86. The highest BCUT2D eigenvalue weighted by Gasteiger charge is 2.28. The molecule has 29 heavy (non-hydrogen) atoms. The normalized spacial score (nSPS) is 16.2. The van der Waals surface area contributed by atoms with Gasteiger partial charge in [0.25, 0.3) is 11.8 Å². The van der Waals surface area contributed by atoms with Crippen LogP contribution in [-0.4, -0.2) is 48.8 Å². The third-order valence-electron chi connectivity index (χ3n) is 4.92. The van der Waals surface area contributed by atoms with Crippen molar-refractivity contribution in [2.75, 3.05) is 26.2 Å². The molecule has 2 N–H and O–H groups in total. The van der Waals surface area contributed by atoms with Crippen LogP contribution in [0, 0.1) is 5.92 Å². The van der Waals surface area contributed by atoms with Crippen molar-refractivity contribution < 1.29 is 14.4 Å². The summed E-state index contributed by atoms with van der Waals surface area (Å²) in [6.07, 6.45) is 1.52. The zero-order valence-corrected chi connectivity index (χ0v) is 16.8. The largest absolute Gasteiger partial charge is 0.354 e. The molecule has 3 amide bonds. The van der Waals surface area contributed by atoms with Crippen LogP contribution in [0.5, 0.6) is 0 Å². The number of benzene rings is 2. The van der Waals surface area contributed by atoms with Crippen molar-refractivity contribution in [2.45, 2.75) is 12.8 Å². The second-order valence-electron chi connectivity index (χ2n) is 7.01. The number of amides is 3. The summed E-state index contributed by atoms with van der Waals surface area (Å²) < 4.78 is 0. The Morgan fingerprint density at radius 1 is 0.931 bits per heavy atom. The first-order valence-electron chi connectivity index (χ1n) is 9.70. The minimum Gasteiger partial charge on any atom is -0.354 e. The minimum atomic E-state index is -0.246. The van der Waals surface area contributed by atoms with E-state index in [1.807, 2.05) is 6.07 Å². The Bertz CT molecular complexity index is 855. The summed E-state index contributed by atoms with van der Waals surface area (Å²) in [6.45, 7) is 1.72. The highest BCUT2D eigenvalue weighted by Crippen LogP contribution is 2.19. The highest BCUT2D eigenvalue weighted by molar-refractivity contribution is 6.30. The maximum absolute atomic E-state index is 12.7. The number of nitrogens with zero attached hydrogens (tertiary/aromatic N) is 1. The third-order valence-corrected chi connectivity index (χ3v) is 5.17. The van der Waals surface area contributed by atoms with Crippen LogP contribution in [0.25, 0.3) is 0 Å². The molecule has 152 valence electrons. The predicted octanol–water partition coefficient (Wildman–Crippen LogP) is 2.74. The molecule has 1 heterocycles. The van der Waals surface area contributed by atoms with E-state index < -0.39 is 0 Å². The quantitative estimate of drug-likeness (QED) is 0.715. The molecule has 1 aliphatic heterocycles. The van der Waals surface area contributed by atoms with Crippen LogP contribution in [0.15, 0.2) is 54.6 Å². The molecule has 2 aromatic rings. The maximum atomic E-state index is 12.7. The predicted molar refractivity (Wildman–Crippen MR) is 112 cm³/mol. The maximum Gasteiger partial charge on any atom is 0.253 e. The Balaban J connectivity index is 1.44. The molecule has 0 saturated carbocycles. The molecule has 1 fully saturated rings. The fraction of sp³-hybridized carbons (Fsp3) is 0.318. The molecule has 2 aromatic carbocycles. The number of hydrogen-bond acceptors (Lipinski definition) is 3. The van der Waals surface area contributed by atoms with Crippen molar-refractivity contribution in [3.63, 3.8) is 0 Å². The van der Waals surface area contributed by atoms with Crippen LogP contribution < -0.4 is 10.6 Å². The fourth-order valence-corrected chi connectivity index (χ4v) is 3.47. The van der Waals surface area contributed by atoms with Gasteiger partial charge in [-0.2, -0.15) is 0 Å². The molecule has 1 atom stereocenters. The average Bonchev–Trinajstić information content (AvgIpc) is 2.77. The first-order chi connectivity index (χ1) is 14.0. The first kappa shape index (κ1) is 20.9. The van der Waals surface area contributed by atoms with Crippen LogP contribution in [0.3, 0.4) is 0 Å². The van der Waals surface area contributed by atoms with E-state index in [1.54, 1.807) is 53.4 Å². The van der Waals surface area contributed by atoms with Crippen LogP contribution in [0.1, 0.15) is 33.6 Å². The van der Waals surface area contributed by atoms with Crippen molar-refractivity contribution in [1.82, 2.24) is 15.5 Å². The number of nitrogens with one attached hydrogen (secondary N) is 2. The molecule has 0 radical (unpaired) electrons. The molecule has 0 aliphatic carbocycles. The summed E-state index contributed by atoms with van der Waals surface area (Å²) in [5.74, 6) is -0.594. The van der Waals surface area contributed by atoms with Gasteiger partial charge in [0.2, 0.25) is 5.91 Å². The first-order valence-corrected chi connectivity index (χ1v) is 10.1. The van der Waals surface area contributed by atoms with Crippen LogP contribution in [0.4, 0.5) is 0 Å². The van der Waals surface area contributed by atoms with Crippen molar-refractivity contribution in [2.24, 2.45) is 5.92 Å². The number of halogens is 1. The fourth-order valence-electron chi connectivity index (χ4n) is 3.35. The lowest BCUT2D eigenvalue weighted by Crippen LogP contribution is -2.46. The smallest absolute Gasteiger partial charge is 0.253 e. The summed E-state index contributed by atoms with van der Waals surface area (Å²) >= 11 is 5.88. The topological polar surface area (TPSA) is 78.5 Å². The van der Waals surface area contributed by atoms with Gasteiger partial charge in [0.15, 0.2) is 0 Å². The molecular weight excluding hydrogens is 390 g/mol. The molecule has 1 aliphatic rings. The lowest BCUT2D eigenvalue weighted by molar-refractivity contribution is -0.126. The lowest BCUT2D eigenvalue weighted by Gasteiger charge is -2.32. The molecule has 6 nitrogen and oxygen atoms in total. The Kier molecular flexibility index (Phi) is 7.25. The minimum absolute atomic E-state index is 0.0886. The number of likely N-dealkylation sites (tertiary alicyclic amines) is 1. The van der Waals surface area contributed by atoms with Gasteiger partial charge < -0.3 is 15.5 Å². The summed E-state index contributed by atoms with van der Waals surface area (Å²) in [7, 11) is 0. The van der Waals surface area contributed by atoms with Gasteiger partial charge in [-0.3, -0.25) is 14.4 Å². The molecule has 1 unspecified atom stereocenters. The molecule has 0 aromatic heterocycles. The number of rotatable bonds is 6. The van der Waals surface area contributed by atoms with E-state index in [0.717, 1.165) is 12.8 Å². The van der Waals surface area contributed by atoms with Gasteiger partial charge in [-0.1, -0.05) is 29.8 Å². The number of carbonyl (C=O) groups excluding carboxylic acids is 3. The van der Waals surface area contributed by atoms with Crippen molar-refractivity contribution >= 4 is 29.3 Å². The van der Waals surface area contributed by atoms with Gasteiger partial charge in [-0.25, -0.2) is 0 Å². The molecule has 7 heteroatoms. The number of carbonyl (C=O) groups is 3. The van der Waals surface area contributed by atoms with Gasteiger partial charge in [0.1, 0.15) is 0 Å². The number of hydrogen-bond donors (Lipinski definition) is 2. The van der Waals surface area contributed by atoms with Gasteiger partial charge in [-0.15, -0.1) is 0 Å². The average molecular weight is 414 g/mol. The van der Waals surface area contributed by atoms with E-state index in [-0.39, 0.29) is 23.6 Å². The summed E-state index contributed by atoms with van der Waals surface area (Å²) in [4.78, 5) is 38.8. The standard InChI is InChI=1S/C22H24ClN3O3/c23-19-10-8-17(9-11-19)22(29)26-14-4-7-18(15-26)21(28)25-13-12-24-20(27)16-5-2-1-3-6-16/h1-3,5-6,8-11,18H,4,7,12-15H2,(H,24,27)(H,25,28). The van der Waals surface area contributed by atoms with Crippen LogP contribution in [-0.2, 0) is 4.79 Å². The molecular formula is C22H24ClN3O3. The van der Waals surface area contributed by atoms with Crippen LogP contribution >= 0.6 is 11.6 Å². The monoisotopic (exact) mass is 413 g/mol. The molecule has 0 bridgehead atoms. The second-order valence-corrected chi connectivity index (χ2v) is 7.45. The highest BCUT2D eigenvalue weighted by atomic mass is 35.5. The van der Waals surface area contributed by atoms with E-state index in [4.69, 9.17) is 11.6 Å². The van der Waals surface area contributed by atoms with Gasteiger partial charge in [-0.05, 0) is 49.2 Å². The molecule has 3 rings (SSSR count). The number of piperidine rings is 1. The second kappa shape index (κ2) is 10.1. The molecule has 0 spiro atoms. The van der Waals surface area contributed by atoms with Crippen molar-refractivity contribution in [3.8, 4) is 0 Å². The van der Waals surface area contributed by atoms with E-state index >= 15 is 0 Å². The van der Waals surface area contributed by atoms with Crippen LogP contribution in [0.2, 0.25) is 5.02 Å². The lowest BCUT2D eigenvalue weighted by atomic mass is 9.96. The van der Waals surface area contributed by atoms with E-state index in [0.29, 0.717) is 42.3 Å². The Morgan fingerprint density at radius 3 is 2.34 bits per heavy atom. The van der Waals surface area contributed by atoms with Crippen molar-refractivity contribution in [1.29, 1.82) is 0 Å². The summed E-state index contributed by atoms with van der Waals surface area (Å²) in [6, 6.07) is 15.7. The van der Waals surface area contributed by atoms with E-state index in [2.05, 4.69) is 10.6 Å². The Labute approximate surface area is 175 Å². The Morgan fingerprint density at radius 2 is 1.62 bits per heavy atom. The van der Waals surface area contributed by atoms with Gasteiger partial charge in [0, 0.05) is 42.3 Å². The molecule has 1 saturated heterocycles. The summed E-state index contributed by atoms with van der Waals surface area (Å²) in [5, 5.41) is 6.22. The van der Waals surface area contributed by atoms with Gasteiger partial charge >= 0.3 is 0 Å². The summed E-state index contributed by atoms with van der Waals surface area (Å²) in [5.41, 5.74) is 1.15. The van der Waals surface area contributed by atoms with E-state index in [1.165, 1.54) is 0 Å².